The highest BCUT2D eigenvalue weighted by atomic mass is 16.6. The Kier molecular flexibility index (Phi) is 4.49. The highest BCUT2D eigenvalue weighted by Crippen LogP contribution is 2.37. The monoisotopic (exact) mass is 375 g/mol. The van der Waals surface area contributed by atoms with Crippen molar-refractivity contribution in [2.75, 3.05) is 12.4 Å². The van der Waals surface area contributed by atoms with Crippen molar-refractivity contribution in [3.8, 4) is 28.0 Å². The van der Waals surface area contributed by atoms with Crippen molar-refractivity contribution in [2.45, 2.75) is 12.8 Å². The molecular weight excluding hydrogens is 358 g/mol. The van der Waals surface area contributed by atoms with Crippen LogP contribution in [-0.4, -0.2) is 22.9 Å². The minimum absolute atomic E-state index is 0.104. The Morgan fingerprint density at radius 1 is 1.04 bits per heavy atom. The molecule has 0 radical (unpaired) electrons. The van der Waals surface area contributed by atoms with Crippen molar-refractivity contribution in [2.24, 2.45) is 0 Å². The van der Waals surface area contributed by atoms with Gasteiger partial charge >= 0.3 is 0 Å². The summed E-state index contributed by atoms with van der Waals surface area (Å²) in [5.41, 5.74) is 4.23. The van der Waals surface area contributed by atoms with E-state index in [0.717, 1.165) is 28.0 Å². The van der Waals surface area contributed by atoms with Crippen LogP contribution in [0.2, 0.25) is 0 Å². The summed E-state index contributed by atoms with van der Waals surface area (Å²) >= 11 is 0. The third-order valence-electron chi connectivity index (χ3n) is 4.76. The Labute approximate surface area is 161 Å². The highest BCUT2D eigenvalue weighted by Gasteiger charge is 2.25. The number of nitro benzene ring substituents is 1. The predicted molar refractivity (Wildman–Crippen MR) is 105 cm³/mol. The summed E-state index contributed by atoms with van der Waals surface area (Å²) in [4.78, 5) is 27.0. The van der Waals surface area contributed by atoms with E-state index in [2.05, 4.69) is 10.3 Å². The van der Waals surface area contributed by atoms with Gasteiger partial charge in [0.05, 0.1) is 12.0 Å². The number of amides is 1. The number of methoxy groups -OCH3 is 1. The van der Waals surface area contributed by atoms with Crippen molar-refractivity contribution >= 4 is 17.3 Å². The zero-order valence-electron chi connectivity index (χ0n) is 15.1. The average Bonchev–Trinajstić information content (AvgIpc) is 2.73. The molecule has 0 spiro atoms. The van der Waals surface area contributed by atoms with Gasteiger partial charge in [0, 0.05) is 36.0 Å². The molecule has 0 atom stereocenters. The Bertz CT molecular complexity index is 1090. The number of anilines is 1. The van der Waals surface area contributed by atoms with Gasteiger partial charge in [-0.1, -0.05) is 12.1 Å². The molecule has 0 bridgehead atoms. The summed E-state index contributed by atoms with van der Waals surface area (Å²) in [6, 6.07) is 12.9. The number of nitrogens with zero attached hydrogens (tertiary/aromatic N) is 2. The highest BCUT2D eigenvalue weighted by molar-refractivity contribution is 5.97. The molecule has 2 aromatic carbocycles. The number of hydrogen-bond donors (Lipinski definition) is 1. The maximum absolute atomic E-state index is 11.7. The van der Waals surface area contributed by atoms with Gasteiger partial charge in [-0.3, -0.25) is 19.9 Å². The number of fused-ring (bicyclic) bond motifs is 1. The number of carbonyl (C=O) groups excluding carboxylic acids is 1. The van der Waals surface area contributed by atoms with Gasteiger partial charge in [0.1, 0.15) is 11.4 Å². The standard InChI is InChI=1S/C21H17N3O4/c1-28-18-4-2-3-13(9-18)16-8-17(12-22-11-16)15-7-14-5-6-20(25)23-21(14)19(10-15)24(26)27/h2-4,7-12H,5-6H2,1H3,(H,23,25). The van der Waals surface area contributed by atoms with Crippen LogP contribution in [-0.2, 0) is 11.2 Å². The minimum Gasteiger partial charge on any atom is -0.497 e. The lowest BCUT2D eigenvalue weighted by atomic mass is 9.95. The number of carbonyl (C=O) groups is 1. The van der Waals surface area contributed by atoms with Crippen LogP contribution >= 0.6 is 0 Å². The van der Waals surface area contributed by atoms with Gasteiger partial charge in [-0.15, -0.1) is 0 Å². The Balaban J connectivity index is 1.80. The lowest BCUT2D eigenvalue weighted by molar-refractivity contribution is -0.383. The van der Waals surface area contributed by atoms with E-state index in [1.54, 1.807) is 19.5 Å². The van der Waals surface area contributed by atoms with Crippen LogP contribution in [0, 0.1) is 10.1 Å². The number of aromatic nitrogens is 1. The van der Waals surface area contributed by atoms with Crippen molar-refractivity contribution in [1.29, 1.82) is 0 Å². The zero-order valence-corrected chi connectivity index (χ0v) is 15.1. The first-order valence-corrected chi connectivity index (χ1v) is 8.76. The average molecular weight is 375 g/mol. The molecule has 1 N–H and O–H groups in total. The second-order valence-corrected chi connectivity index (χ2v) is 6.53. The van der Waals surface area contributed by atoms with E-state index in [1.807, 2.05) is 36.4 Å². The zero-order chi connectivity index (χ0) is 19.7. The third kappa shape index (κ3) is 3.29. The fourth-order valence-corrected chi connectivity index (χ4v) is 3.35. The summed E-state index contributed by atoms with van der Waals surface area (Å²) in [5, 5.41) is 14.2. The fraction of sp³-hybridized carbons (Fsp3) is 0.143. The number of rotatable bonds is 4. The normalized spacial score (nSPS) is 12.8. The molecule has 1 aromatic heterocycles. The third-order valence-corrected chi connectivity index (χ3v) is 4.76. The van der Waals surface area contributed by atoms with Crippen LogP contribution in [0.5, 0.6) is 5.75 Å². The van der Waals surface area contributed by atoms with Gasteiger partial charge < -0.3 is 10.1 Å². The van der Waals surface area contributed by atoms with E-state index < -0.39 is 4.92 Å². The summed E-state index contributed by atoms with van der Waals surface area (Å²) in [6.45, 7) is 0. The van der Waals surface area contributed by atoms with Gasteiger partial charge in [0.25, 0.3) is 5.69 Å². The molecule has 7 heteroatoms. The number of aryl methyl sites for hydroxylation is 1. The molecule has 7 nitrogen and oxygen atoms in total. The molecule has 0 fully saturated rings. The van der Waals surface area contributed by atoms with Crippen molar-refractivity contribution < 1.29 is 14.5 Å². The van der Waals surface area contributed by atoms with E-state index in [9.17, 15) is 14.9 Å². The number of nitrogens with one attached hydrogen (secondary N) is 1. The summed E-state index contributed by atoms with van der Waals surface area (Å²) in [6.07, 6.45) is 4.20. The van der Waals surface area contributed by atoms with Crippen LogP contribution in [0.25, 0.3) is 22.3 Å². The van der Waals surface area contributed by atoms with E-state index in [-0.39, 0.29) is 11.6 Å². The van der Waals surface area contributed by atoms with Gasteiger partial charge in [-0.25, -0.2) is 0 Å². The number of benzene rings is 2. The van der Waals surface area contributed by atoms with E-state index >= 15 is 0 Å². The van der Waals surface area contributed by atoms with E-state index in [4.69, 9.17) is 4.74 Å². The first kappa shape index (κ1) is 17.7. The Hall–Kier alpha value is -3.74. The molecule has 1 amide bonds. The number of hydrogen-bond acceptors (Lipinski definition) is 5. The van der Waals surface area contributed by atoms with Crippen molar-refractivity contribution in [1.82, 2.24) is 4.98 Å². The molecule has 0 unspecified atom stereocenters. The molecule has 1 aliphatic rings. The van der Waals surface area contributed by atoms with Crippen LogP contribution in [0.4, 0.5) is 11.4 Å². The van der Waals surface area contributed by atoms with E-state index in [0.29, 0.717) is 24.1 Å². The molecule has 28 heavy (non-hydrogen) atoms. The molecule has 4 rings (SSSR count). The van der Waals surface area contributed by atoms with Crippen LogP contribution in [0.15, 0.2) is 54.9 Å². The largest absolute Gasteiger partial charge is 0.497 e. The number of pyridine rings is 1. The van der Waals surface area contributed by atoms with Crippen molar-refractivity contribution in [3.63, 3.8) is 0 Å². The molecular formula is C21H17N3O4. The quantitative estimate of drug-likeness (QED) is 0.544. The summed E-state index contributed by atoms with van der Waals surface area (Å²) in [7, 11) is 1.61. The van der Waals surface area contributed by atoms with Gasteiger partial charge in [0.15, 0.2) is 0 Å². The minimum atomic E-state index is -0.465. The summed E-state index contributed by atoms with van der Waals surface area (Å²) in [5.74, 6) is 0.535. The molecule has 3 aromatic rings. The van der Waals surface area contributed by atoms with Gasteiger partial charge in [-0.2, -0.15) is 0 Å². The lowest BCUT2D eigenvalue weighted by Gasteiger charge is -2.18. The van der Waals surface area contributed by atoms with E-state index in [1.165, 1.54) is 6.07 Å². The summed E-state index contributed by atoms with van der Waals surface area (Å²) < 4.78 is 5.27. The first-order valence-electron chi connectivity index (χ1n) is 8.76. The lowest BCUT2D eigenvalue weighted by Crippen LogP contribution is -2.20. The molecule has 0 aliphatic carbocycles. The van der Waals surface area contributed by atoms with Crippen molar-refractivity contribution in [3.05, 3.63) is 70.5 Å². The Morgan fingerprint density at radius 2 is 1.82 bits per heavy atom. The van der Waals surface area contributed by atoms with Crippen LogP contribution < -0.4 is 10.1 Å². The predicted octanol–water partition coefficient (Wildman–Crippen LogP) is 4.22. The second kappa shape index (κ2) is 7.11. The number of nitro groups is 1. The van der Waals surface area contributed by atoms with Gasteiger partial charge in [0.2, 0.25) is 5.91 Å². The van der Waals surface area contributed by atoms with Crippen LogP contribution in [0.3, 0.4) is 0 Å². The maximum atomic E-state index is 11.7. The second-order valence-electron chi connectivity index (χ2n) is 6.53. The molecule has 0 saturated heterocycles. The van der Waals surface area contributed by atoms with Crippen LogP contribution in [0.1, 0.15) is 12.0 Å². The molecule has 0 saturated carbocycles. The molecule has 2 heterocycles. The fourth-order valence-electron chi connectivity index (χ4n) is 3.35. The Morgan fingerprint density at radius 3 is 2.57 bits per heavy atom. The molecule has 140 valence electrons. The molecule has 1 aliphatic heterocycles. The smallest absolute Gasteiger partial charge is 0.293 e. The maximum Gasteiger partial charge on any atom is 0.293 e. The first-order chi connectivity index (χ1) is 13.5. The topological polar surface area (TPSA) is 94.4 Å². The van der Waals surface area contributed by atoms with Gasteiger partial charge in [-0.05, 0) is 47.4 Å². The SMILES string of the molecule is COc1cccc(-c2cncc(-c3cc4c(c([N+](=O)[O-])c3)NC(=O)CC4)c2)c1. The number of ether oxygens (including phenoxy) is 1.